The van der Waals surface area contributed by atoms with Crippen LogP contribution >= 0.6 is 0 Å². The number of methoxy groups -OCH3 is 2. The van der Waals surface area contributed by atoms with Gasteiger partial charge in [-0.25, -0.2) is 4.79 Å². The first kappa shape index (κ1) is 16.9. The van der Waals surface area contributed by atoms with Gasteiger partial charge in [-0.05, 0) is 37.8 Å². The van der Waals surface area contributed by atoms with E-state index in [4.69, 9.17) is 14.2 Å². The maximum atomic E-state index is 12.6. The number of hydrogen-bond donors (Lipinski definition) is 1. The number of carbonyl (C=O) groups excluding carboxylic acids is 1. The number of nitrogens with one attached hydrogen (secondary N) is 1. The molecule has 1 aromatic carbocycles. The summed E-state index contributed by atoms with van der Waals surface area (Å²) in [5.41, 5.74) is 1.03. The summed E-state index contributed by atoms with van der Waals surface area (Å²) < 4.78 is 16.3. The predicted octanol–water partition coefficient (Wildman–Crippen LogP) is 2.73. The fourth-order valence-electron chi connectivity index (χ4n) is 3.53. The molecule has 24 heavy (non-hydrogen) atoms. The lowest BCUT2D eigenvalue weighted by atomic mass is 10.0. The van der Waals surface area contributed by atoms with E-state index < -0.39 is 0 Å². The van der Waals surface area contributed by atoms with E-state index in [0.29, 0.717) is 6.54 Å². The Bertz CT molecular complexity index is 572. The van der Waals surface area contributed by atoms with Crippen molar-refractivity contribution in [3.05, 3.63) is 23.8 Å². The van der Waals surface area contributed by atoms with E-state index >= 15 is 0 Å². The van der Waals surface area contributed by atoms with E-state index in [1.807, 2.05) is 23.1 Å². The first-order valence-electron chi connectivity index (χ1n) is 8.61. The minimum Gasteiger partial charge on any atom is -0.497 e. The van der Waals surface area contributed by atoms with Gasteiger partial charge >= 0.3 is 6.03 Å². The van der Waals surface area contributed by atoms with Crippen molar-refractivity contribution in [2.45, 2.75) is 37.8 Å². The number of nitrogens with zero attached hydrogens (tertiary/aromatic N) is 1. The Balaban J connectivity index is 1.69. The second-order valence-electron chi connectivity index (χ2n) is 6.28. The van der Waals surface area contributed by atoms with Crippen LogP contribution in [0.4, 0.5) is 4.79 Å². The van der Waals surface area contributed by atoms with Gasteiger partial charge in [0.2, 0.25) is 0 Å². The monoisotopic (exact) mass is 334 g/mol. The van der Waals surface area contributed by atoms with E-state index in [1.54, 1.807) is 14.2 Å². The van der Waals surface area contributed by atoms with Crippen molar-refractivity contribution in [2.24, 2.45) is 0 Å². The number of hydrogen-bond acceptors (Lipinski definition) is 4. The van der Waals surface area contributed by atoms with Crippen molar-refractivity contribution < 1.29 is 19.0 Å². The fraction of sp³-hybridized carbons (Fsp3) is 0.611. The number of benzene rings is 1. The molecule has 0 aliphatic carbocycles. The Hall–Kier alpha value is -1.95. The minimum absolute atomic E-state index is 0.0223. The molecule has 132 valence electrons. The summed E-state index contributed by atoms with van der Waals surface area (Å²) in [7, 11) is 3.28. The van der Waals surface area contributed by atoms with Crippen molar-refractivity contribution in [1.29, 1.82) is 0 Å². The van der Waals surface area contributed by atoms with Gasteiger partial charge in [0.05, 0.1) is 26.4 Å². The summed E-state index contributed by atoms with van der Waals surface area (Å²) >= 11 is 0. The molecule has 6 heteroatoms. The van der Waals surface area contributed by atoms with Gasteiger partial charge in [0, 0.05) is 31.3 Å². The Morgan fingerprint density at radius 3 is 2.88 bits per heavy atom. The van der Waals surface area contributed by atoms with Crippen LogP contribution in [0.1, 0.15) is 37.3 Å². The molecule has 0 unspecified atom stereocenters. The second-order valence-corrected chi connectivity index (χ2v) is 6.28. The van der Waals surface area contributed by atoms with E-state index in [-0.39, 0.29) is 18.2 Å². The van der Waals surface area contributed by atoms with Gasteiger partial charge in [0.15, 0.2) is 0 Å². The Kier molecular flexibility index (Phi) is 5.45. The molecule has 3 rings (SSSR count). The molecule has 0 bridgehead atoms. The summed E-state index contributed by atoms with van der Waals surface area (Å²) in [5.74, 6) is 1.51. The number of amides is 2. The van der Waals surface area contributed by atoms with E-state index in [2.05, 4.69) is 5.32 Å². The quantitative estimate of drug-likeness (QED) is 0.899. The number of rotatable bonds is 5. The second kappa shape index (κ2) is 7.75. The third-order valence-corrected chi connectivity index (χ3v) is 4.82. The number of likely N-dealkylation sites (tertiary alicyclic amines) is 1. The highest BCUT2D eigenvalue weighted by molar-refractivity contribution is 5.75. The smallest absolute Gasteiger partial charge is 0.318 e. The summed E-state index contributed by atoms with van der Waals surface area (Å²) in [5, 5.41) is 3.02. The largest absolute Gasteiger partial charge is 0.497 e. The summed E-state index contributed by atoms with van der Waals surface area (Å²) in [6.45, 7) is 2.15. The molecule has 2 fully saturated rings. The topological polar surface area (TPSA) is 60.0 Å². The van der Waals surface area contributed by atoms with Crippen LogP contribution in [-0.2, 0) is 4.74 Å². The summed E-state index contributed by atoms with van der Waals surface area (Å²) in [6, 6.07) is 5.80. The van der Waals surface area contributed by atoms with Crippen LogP contribution in [0, 0.1) is 0 Å². The van der Waals surface area contributed by atoms with Crippen molar-refractivity contribution in [2.75, 3.05) is 33.9 Å². The number of ether oxygens (including phenoxy) is 3. The van der Waals surface area contributed by atoms with Gasteiger partial charge in [-0.3, -0.25) is 0 Å². The molecule has 2 atom stereocenters. The van der Waals surface area contributed by atoms with Gasteiger partial charge in [-0.2, -0.15) is 0 Å². The van der Waals surface area contributed by atoms with Crippen molar-refractivity contribution in [3.63, 3.8) is 0 Å². The third-order valence-electron chi connectivity index (χ3n) is 4.82. The zero-order valence-electron chi connectivity index (χ0n) is 14.4. The van der Waals surface area contributed by atoms with Gasteiger partial charge < -0.3 is 24.4 Å². The Labute approximate surface area is 143 Å². The van der Waals surface area contributed by atoms with E-state index in [1.165, 1.54) is 0 Å². The zero-order valence-corrected chi connectivity index (χ0v) is 14.4. The molecule has 2 amide bonds. The van der Waals surface area contributed by atoms with E-state index in [0.717, 1.165) is 55.9 Å². The Morgan fingerprint density at radius 1 is 1.29 bits per heavy atom. The van der Waals surface area contributed by atoms with Crippen LogP contribution in [0.5, 0.6) is 11.5 Å². The highest BCUT2D eigenvalue weighted by Gasteiger charge is 2.32. The van der Waals surface area contributed by atoms with Crippen LogP contribution in [0.3, 0.4) is 0 Å². The van der Waals surface area contributed by atoms with Crippen LogP contribution in [0.2, 0.25) is 0 Å². The lowest BCUT2D eigenvalue weighted by Gasteiger charge is -2.27. The van der Waals surface area contributed by atoms with Gasteiger partial charge in [0.25, 0.3) is 0 Å². The third kappa shape index (κ3) is 3.59. The Morgan fingerprint density at radius 2 is 2.17 bits per heavy atom. The van der Waals surface area contributed by atoms with E-state index in [9.17, 15) is 4.79 Å². The van der Waals surface area contributed by atoms with Crippen molar-refractivity contribution >= 4 is 6.03 Å². The molecule has 6 nitrogen and oxygen atoms in total. The minimum atomic E-state index is -0.0223. The van der Waals surface area contributed by atoms with Crippen LogP contribution in [0.15, 0.2) is 18.2 Å². The lowest BCUT2D eigenvalue weighted by Crippen LogP contribution is -2.42. The van der Waals surface area contributed by atoms with Crippen molar-refractivity contribution in [3.8, 4) is 11.5 Å². The zero-order chi connectivity index (χ0) is 16.9. The van der Waals surface area contributed by atoms with Gasteiger partial charge in [0.1, 0.15) is 11.5 Å². The first-order valence-corrected chi connectivity index (χ1v) is 8.61. The molecule has 2 heterocycles. The maximum Gasteiger partial charge on any atom is 0.318 e. The van der Waals surface area contributed by atoms with Crippen molar-refractivity contribution in [1.82, 2.24) is 10.2 Å². The first-order chi connectivity index (χ1) is 11.7. The number of urea groups is 1. The highest BCUT2D eigenvalue weighted by Crippen LogP contribution is 2.38. The van der Waals surface area contributed by atoms with Crippen LogP contribution in [-0.4, -0.2) is 51.0 Å². The van der Waals surface area contributed by atoms with Crippen LogP contribution < -0.4 is 14.8 Å². The maximum absolute atomic E-state index is 12.6. The molecule has 0 spiro atoms. The average Bonchev–Trinajstić information content (AvgIpc) is 3.30. The molecule has 0 saturated carbocycles. The SMILES string of the molecule is COc1ccc([C@@H]2CCCN2C(=O)NC[C@H]2CCCO2)c(OC)c1. The predicted molar refractivity (Wildman–Crippen MR) is 90.6 cm³/mol. The normalized spacial score (nSPS) is 23.3. The molecule has 0 aromatic heterocycles. The molecule has 1 aromatic rings. The molecule has 2 aliphatic heterocycles. The standard InChI is InChI=1S/C18H26N2O4/c1-22-13-7-8-15(17(11-13)23-2)16-6-3-9-20(16)18(21)19-12-14-5-4-10-24-14/h7-8,11,14,16H,3-6,9-10,12H2,1-2H3,(H,19,21)/t14-,16+/m1/s1. The fourth-order valence-corrected chi connectivity index (χ4v) is 3.53. The summed E-state index contributed by atoms with van der Waals surface area (Å²) in [6.07, 6.45) is 4.19. The molecular weight excluding hydrogens is 308 g/mol. The molecule has 1 N–H and O–H groups in total. The molecule has 2 aliphatic rings. The van der Waals surface area contributed by atoms with Gasteiger partial charge in [-0.15, -0.1) is 0 Å². The summed E-state index contributed by atoms with van der Waals surface area (Å²) in [4.78, 5) is 14.5. The number of carbonyl (C=O) groups is 1. The molecule has 0 radical (unpaired) electrons. The molecule has 2 saturated heterocycles. The van der Waals surface area contributed by atoms with Crippen LogP contribution in [0.25, 0.3) is 0 Å². The van der Waals surface area contributed by atoms with Gasteiger partial charge in [-0.1, -0.05) is 0 Å². The molecular formula is C18H26N2O4. The highest BCUT2D eigenvalue weighted by atomic mass is 16.5. The average molecular weight is 334 g/mol. The lowest BCUT2D eigenvalue weighted by molar-refractivity contribution is 0.108.